The van der Waals surface area contributed by atoms with Gasteiger partial charge in [0.05, 0.1) is 10.8 Å². The fourth-order valence-electron chi connectivity index (χ4n) is 1.30. The summed E-state index contributed by atoms with van der Waals surface area (Å²) < 4.78 is 0.754. The second kappa shape index (κ2) is 5.10. The van der Waals surface area contributed by atoms with Gasteiger partial charge in [0.1, 0.15) is 0 Å². The zero-order valence-corrected chi connectivity index (χ0v) is 11.7. The number of carbonyl (C=O) groups excluding carboxylic acids is 1. The Morgan fingerprint density at radius 2 is 1.94 bits per heavy atom. The number of hydrogen-bond acceptors (Lipinski definition) is 3. The van der Waals surface area contributed by atoms with Gasteiger partial charge in [-0.1, -0.05) is 13.8 Å². The first-order chi connectivity index (χ1) is 7.34. The molecule has 1 aromatic heterocycles. The van der Waals surface area contributed by atoms with E-state index in [0.717, 1.165) is 9.35 Å². The summed E-state index contributed by atoms with van der Waals surface area (Å²) in [6.07, 6.45) is 0. The highest BCUT2D eigenvalue weighted by Crippen LogP contribution is 2.30. The molecule has 0 spiro atoms. The highest BCUT2D eigenvalue weighted by Gasteiger charge is 2.28. The van der Waals surface area contributed by atoms with Gasteiger partial charge in [-0.2, -0.15) is 0 Å². The summed E-state index contributed by atoms with van der Waals surface area (Å²) in [5, 5.41) is 8.86. The van der Waals surface area contributed by atoms with Crippen molar-refractivity contribution in [1.29, 1.82) is 0 Å². The Bertz CT molecular complexity index is 425. The highest BCUT2D eigenvalue weighted by atomic mass is 79.9. The van der Waals surface area contributed by atoms with E-state index in [9.17, 15) is 9.59 Å². The van der Waals surface area contributed by atoms with Crippen LogP contribution in [0.3, 0.4) is 0 Å². The Hall–Kier alpha value is -0.680. The maximum Gasteiger partial charge on any atom is 0.306 e. The van der Waals surface area contributed by atoms with Gasteiger partial charge < -0.3 is 5.11 Å². The summed E-state index contributed by atoms with van der Waals surface area (Å²) in [4.78, 5) is 24.5. The van der Waals surface area contributed by atoms with Gasteiger partial charge in [-0.3, -0.25) is 9.59 Å². The molecule has 0 saturated heterocycles. The first kappa shape index (κ1) is 13.4. The maximum atomic E-state index is 12.0. The Morgan fingerprint density at radius 1 is 1.38 bits per heavy atom. The third-order valence-corrected chi connectivity index (χ3v) is 4.54. The number of Topliss-reactive ketones (excluding diaryl/α,β-unsaturated/α-hetero) is 1. The summed E-state index contributed by atoms with van der Waals surface area (Å²) in [5.74, 6) is -2.22. The fraction of sp³-hybridized carbons (Fsp3) is 0.455. The van der Waals surface area contributed by atoms with Crippen LogP contribution < -0.4 is 0 Å². The van der Waals surface area contributed by atoms with Crippen molar-refractivity contribution >= 4 is 39.0 Å². The molecule has 5 heteroatoms. The molecule has 88 valence electrons. The van der Waals surface area contributed by atoms with Gasteiger partial charge in [0.15, 0.2) is 5.78 Å². The molecule has 1 aromatic rings. The molecule has 1 N–H and O–H groups in total. The number of carboxylic acid groups (broad SMARTS) is 1. The molecule has 0 fully saturated rings. The van der Waals surface area contributed by atoms with Crippen LogP contribution in [0.2, 0.25) is 0 Å². The molecule has 0 amide bonds. The molecular formula is C11H13BrO3S. The monoisotopic (exact) mass is 304 g/mol. The summed E-state index contributed by atoms with van der Waals surface area (Å²) >= 11 is 4.70. The molecule has 1 heterocycles. The quantitative estimate of drug-likeness (QED) is 0.868. The Kier molecular flexibility index (Phi) is 4.27. The lowest BCUT2D eigenvalue weighted by atomic mass is 9.91. The van der Waals surface area contributed by atoms with Crippen molar-refractivity contribution in [1.82, 2.24) is 0 Å². The van der Waals surface area contributed by atoms with Crippen LogP contribution in [-0.2, 0) is 4.79 Å². The fourth-order valence-corrected chi connectivity index (χ4v) is 3.17. The maximum absolute atomic E-state index is 12.0. The van der Waals surface area contributed by atoms with Crippen LogP contribution in [0.4, 0.5) is 0 Å². The van der Waals surface area contributed by atoms with Gasteiger partial charge in [0.25, 0.3) is 0 Å². The summed E-state index contributed by atoms with van der Waals surface area (Å²) in [6.45, 7) is 5.12. The van der Waals surface area contributed by atoms with E-state index in [1.807, 2.05) is 13.0 Å². The molecule has 16 heavy (non-hydrogen) atoms. The third kappa shape index (κ3) is 2.71. The molecule has 1 rings (SSSR count). The lowest BCUT2D eigenvalue weighted by Crippen LogP contribution is -2.25. The molecule has 2 atom stereocenters. The zero-order chi connectivity index (χ0) is 12.5. The second-order valence-electron chi connectivity index (χ2n) is 3.81. The minimum atomic E-state index is -0.940. The number of aryl methyl sites for hydroxylation is 1. The van der Waals surface area contributed by atoms with Crippen molar-refractivity contribution in [2.24, 2.45) is 11.8 Å². The van der Waals surface area contributed by atoms with Gasteiger partial charge in [0, 0.05) is 15.3 Å². The number of halogens is 1. The van der Waals surface area contributed by atoms with Crippen molar-refractivity contribution in [3.05, 3.63) is 20.3 Å². The number of thiophene rings is 1. The molecule has 0 aliphatic rings. The van der Waals surface area contributed by atoms with Crippen molar-refractivity contribution < 1.29 is 14.7 Å². The van der Waals surface area contributed by atoms with Crippen LogP contribution in [0, 0.1) is 18.8 Å². The summed E-state index contributed by atoms with van der Waals surface area (Å²) in [6, 6.07) is 1.87. The topological polar surface area (TPSA) is 54.4 Å². The largest absolute Gasteiger partial charge is 0.481 e. The molecule has 0 aliphatic carbocycles. The van der Waals surface area contributed by atoms with Crippen LogP contribution in [0.15, 0.2) is 10.5 Å². The predicted octanol–water partition coefficient (Wildman–Crippen LogP) is 3.36. The summed E-state index contributed by atoms with van der Waals surface area (Å²) in [5.41, 5.74) is 0. The van der Waals surface area contributed by atoms with E-state index in [1.165, 1.54) is 11.3 Å². The predicted molar refractivity (Wildman–Crippen MR) is 67.1 cm³/mol. The SMILES string of the molecule is Cc1cc(Br)c(C(=O)C(C)C(C)C(=O)O)s1. The van der Waals surface area contributed by atoms with Gasteiger partial charge >= 0.3 is 5.97 Å². The summed E-state index contributed by atoms with van der Waals surface area (Å²) in [7, 11) is 0. The molecular weight excluding hydrogens is 292 g/mol. The number of aliphatic carboxylic acids is 1. The highest BCUT2D eigenvalue weighted by molar-refractivity contribution is 9.10. The number of hydrogen-bond donors (Lipinski definition) is 1. The molecule has 2 unspecified atom stereocenters. The van der Waals surface area contributed by atoms with E-state index in [2.05, 4.69) is 15.9 Å². The van der Waals surface area contributed by atoms with E-state index in [-0.39, 0.29) is 5.78 Å². The second-order valence-corrected chi connectivity index (χ2v) is 5.92. The molecule has 0 aliphatic heterocycles. The molecule has 0 bridgehead atoms. The first-order valence-electron chi connectivity index (χ1n) is 4.87. The molecule has 0 saturated carbocycles. The van der Waals surface area contributed by atoms with Crippen molar-refractivity contribution in [3.63, 3.8) is 0 Å². The minimum absolute atomic E-state index is 0.111. The van der Waals surface area contributed by atoms with Crippen molar-refractivity contribution in [2.45, 2.75) is 20.8 Å². The van der Waals surface area contributed by atoms with Crippen LogP contribution in [0.25, 0.3) is 0 Å². The van der Waals surface area contributed by atoms with E-state index in [1.54, 1.807) is 13.8 Å². The van der Waals surface area contributed by atoms with E-state index in [0.29, 0.717) is 4.88 Å². The van der Waals surface area contributed by atoms with Crippen molar-refractivity contribution in [2.75, 3.05) is 0 Å². The van der Waals surface area contributed by atoms with Crippen LogP contribution >= 0.6 is 27.3 Å². The zero-order valence-electron chi connectivity index (χ0n) is 9.28. The van der Waals surface area contributed by atoms with Gasteiger partial charge in [0.2, 0.25) is 0 Å². The lowest BCUT2D eigenvalue weighted by molar-refractivity contribution is -0.142. The third-order valence-electron chi connectivity index (χ3n) is 2.59. The van der Waals surface area contributed by atoms with E-state index < -0.39 is 17.8 Å². The minimum Gasteiger partial charge on any atom is -0.481 e. The van der Waals surface area contributed by atoms with Crippen LogP contribution in [0.1, 0.15) is 28.4 Å². The number of carbonyl (C=O) groups is 2. The number of rotatable bonds is 4. The normalized spacial score (nSPS) is 14.5. The number of ketones is 1. The van der Waals surface area contributed by atoms with E-state index in [4.69, 9.17) is 5.11 Å². The standard InChI is InChI=1S/C11H13BrO3S/c1-5-4-8(12)10(16-5)9(13)6(2)7(3)11(14)15/h4,6-7H,1-3H3,(H,14,15). The molecule has 0 aromatic carbocycles. The molecule has 3 nitrogen and oxygen atoms in total. The van der Waals surface area contributed by atoms with E-state index >= 15 is 0 Å². The van der Waals surface area contributed by atoms with Crippen LogP contribution in [0.5, 0.6) is 0 Å². The van der Waals surface area contributed by atoms with Crippen molar-refractivity contribution in [3.8, 4) is 0 Å². The Balaban J connectivity index is 2.94. The smallest absolute Gasteiger partial charge is 0.306 e. The molecule has 0 radical (unpaired) electrons. The van der Waals surface area contributed by atoms with Crippen LogP contribution in [-0.4, -0.2) is 16.9 Å². The number of carboxylic acids is 1. The first-order valence-corrected chi connectivity index (χ1v) is 6.48. The Morgan fingerprint density at radius 3 is 2.31 bits per heavy atom. The average molecular weight is 305 g/mol. The lowest BCUT2D eigenvalue weighted by Gasteiger charge is -2.13. The van der Waals surface area contributed by atoms with Gasteiger partial charge in [-0.05, 0) is 28.9 Å². The average Bonchev–Trinajstić information content (AvgIpc) is 2.54. The van der Waals surface area contributed by atoms with Gasteiger partial charge in [-0.25, -0.2) is 0 Å². The van der Waals surface area contributed by atoms with Gasteiger partial charge in [-0.15, -0.1) is 11.3 Å². The Labute approximate surface area is 107 Å².